The Kier molecular flexibility index (Phi) is 1.02. The van der Waals surface area contributed by atoms with Crippen LogP contribution < -0.4 is 5.32 Å². The summed E-state index contributed by atoms with van der Waals surface area (Å²) in [5.41, 5.74) is 0. The largest absolute Gasteiger partial charge is 0.314 e. The van der Waals surface area contributed by atoms with E-state index >= 15 is 0 Å². The Morgan fingerprint density at radius 2 is 2.38 bits per heavy atom. The van der Waals surface area contributed by atoms with E-state index in [1.807, 2.05) is 0 Å². The van der Waals surface area contributed by atoms with Gasteiger partial charge in [-0.2, -0.15) is 0 Å². The van der Waals surface area contributed by atoms with Crippen molar-refractivity contribution >= 4 is 0 Å². The number of rotatable bonds is 0. The average Bonchev–Trinajstić information content (AvgIpc) is 1.72. The molecule has 0 spiro atoms. The first-order valence-electron chi connectivity index (χ1n) is 3.41. The van der Waals surface area contributed by atoms with Gasteiger partial charge in [-0.1, -0.05) is 0 Å². The zero-order chi connectivity index (χ0) is 5.40. The van der Waals surface area contributed by atoms with Crippen LogP contribution in [-0.4, -0.2) is 37.1 Å². The summed E-state index contributed by atoms with van der Waals surface area (Å²) in [5, 5.41) is 3.37. The second-order valence-corrected chi connectivity index (χ2v) is 2.68. The number of nitrogens with one attached hydrogen (secondary N) is 1. The molecular formula is C6H12N2. The molecule has 2 aliphatic rings. The third-order valence-electron chi connectivity index (χ3n) is 2.22. The van der Waals surface area contributed by atoms with E-state index in [0.717, 1.165) is 6.04 Å². The molecule has 2 saturated heterocycles. The van der Waals surface area contributed by atoms with Gasteiger partial charge in [0.2, 0.25) is 0 Å². The van der Waals surface area contributed by atoms with Crippen LogP contribution >= 0.6 is 0 Å². The molecular weight excluding hydrogens is 100 g/mol. The van der Waals surface area contributed by atoms with Crippen molar-refractivity contribution in [1.29, 1.82) is 0 Å². The summed E-state index contributed by atoms with van der Waals surface area (Å²) in [5.74, 6) is 0. The first-order valence-corrected chi connectivity index (χ1v) is 3.41. The van der Waals surface area contributed by atoms with Gasteiger partial charge in [-0.15, -0.1) is 0 Å². The minimum atomic E-state index is 0.906. The van der Waals surface area contributed by atoms with Crippen LogP contribution in [0, 0.1) is 0 Å². The monoisotopic (exact) mass is 112 g/mol. The molecule has 2 heteroatoms. The Morgan fingerprint density at radius 1 is 1.38 bits per heavy atom. The quantitative estimate of drug-likeness (QED) is 0.461. The van der Waals surface area contributed by atoms with Gasteiger partial charge in [0, 0.05) is 32.2 Å². The molecule has 2 heterocycles. The minimum Gasteiger partial charge on any atom is -0.314 e. The van der Waals surface area contributed by atoms with E-state index in [-0.39, 0.29) is 0 Å². The maximum atomic E-state index is 3.37. The van der Waals surface area contributed by atoms with Crippen molar-refractivity contribution in [2.75, 3.05) is 26.2 Å². The Bertz CT molecular complexity index is 80.5. The van der Waals surface area contributed by atoms with Crippen molar-refractivity contribution in [3.05, 3.63) is 0 Å². The van der Waals surface area contributed by atoms with Crippen LogP contribution in [0.1, 0.15) is 6.42 Å². The van der Waals surface area contributed by atoms with Crippen LogP contribution in [0.5, 0.6) is 0 Å². The smallest absolute Gasteiger partial charge is 0.0233 e. The predicted octanol–water partition coefficient (Wildman–Crippen LogP) is -0.336. The summed E-state index contributed by atoms with van der Waals surface area (Å²) in [7, 11) is 0. The molecule has 0 saturated carbocycles. The molecule has 2 aliphatic heterocycles. The fraction of sp³-hybridized carbons (Fsp3) is 1.00. The molecule has 0 radical (unpaired) electrons. The van der Waals surface area contributed by atoms with Gasteiger partial charge >= 0.3 is 0 Å². The molecule has 1 unspecified atom stereocenters. The lowest BCUT2D eigenvalue weighted by Gasteiger charge is -2.44. The second kappa shape index (κ2) is 1.71. The molecule has 46 valence electrons. The predicted molar refractivity (Wildman–Crippen MR) is 32.8 cm³/mol. The highest BCUT2D eigenvalue weighted by Gasteiger charge is 2.29. The third kappa shape index (κ3) is 0.565. The lowest BCUT2D eigenvalue weighted by Crippen LogP contribution is -2.58. The molecule has 0 bridgehead atoms. The Hall–Kier alpha value is -0.0800. The van der Waals surface area contributed by atoms with Crippen molar-refractivity contribution in [1.82, 2.24) is 10.2 Å². The average molecular weight is 112 g/mol. The van der Waals surface area contributed by atoms with E-state index in [2.05, 4.69) is 10.2 Å². The normalized spacial score (nSPS) is 38.2. The Balaban J connectivity index is 1.92. The van der Waals surface area contributed by atoms with E-state index in [0.29, 0.717) is 0 Å². The zero-order valence-electron chi connectivity index (χ0n) is 5.06. The van der Waals surface area contributed by atoms with Crippen molar-refractivity contribution in [3.8, 4) is 0 Å². The summed E-state index contributed by atoms with van der Waals surface area (Å²) < 4.78 is 0. The summed E-state index contributed by atoms with van der Waals surface area (Å²) in [6, 6.07) is 0.906. The first-order chi connectivity index (χ1) is 3.97. The molecule has 2 rings (SSSR count). The van der Waals surface area contributed by atoms with E-state index in [1.54, 1.807) is 0 Å². The lowest BCUT2D eigenvalue weighted by molar-refractivity contribution is 0.0668. The molecule has 0 aliphatic carbocycles. The summed E-state index contributed by atoms with van der Waals surface area (Å²) in [6.45, 7) is 5.08. The number of nitrogens with zero attached hydrogens (tertiary/aromatic N) is 1. The fourth-order valence-corrected chi connectivity index (χ4v) is 1.51. The van der Waals surface area contributed by atoms with E-state index in [4.69, 9.17) is 0 Å². The lowest BCUT2D eigenvalue weighted by atomic mass is 10.0. The number of hydrogen-bond donors (Lipinski definition) is 1. The highest BCUT2D eigenvalue weighted by molar-refractivity contribution is 4.87. The van der Waals surface area contributed by atoms with Gasteiger partial charge in [0.05, 0.1) is 0 Å². The van der Waals surface area contributed by atoms with Crippen molar-refractivity contribution in [2.45, 2.75) is 12.5 Å². The van der Waals surface area contributed by atoms with Crippen molar-refractivity contribution in [3.63, 3.8) is 0 Å². The molecule has 0 aromatic carbocycles. The van der Waals surface area contributed by atoms with Gasteiger partial charge in [-0.05, 0) is 6.42 Å². The number of hydrogen-bond acceptors (Lipinski definition) is 2. The van der Waals surface area contributed by atoms with Crippen LogP contribution in [-0.2, 0) is 0 Å². The highest BCUT2D eigenvalue weighted by Crippen LogP contribution is 2.17. The van der Waals surface area contributed by atoms with E-state index in [9.17, 15) is 0 Å². The molecule has 2 nitrogen and oxygen atoms in total. The van der Waals surface area contributed by atoms with Gasteiger partial charge < -0.3 is 5.32 Å². The van der Waals surface area contributed by atoms with Crippen LogP contribution in [0.15, 0.2) is 0 Å². The van der Waals surface area contributed by atoms with Crippen molar-refractivity contribution in [2.24, 2.45) is 0 Å². The fourth-order valence-electron chi connectivity index (χ4n) is 1.51. The van der Waals surface area contributed by atoms with Gasteiger partial charge in [0.25, 0.3) is 0 Å². The molecule has 8 heavy (non-hydrogen) atoms. The van der Waals surface area contributed by atoms with Gasteiger partial charge in [0.15, 0.2) is 0 Å². The maximum absolute atomic E-state index is 3.37. The molecule has 0 aromatic heterocycles. The van der Waals surface area contributed by atoms with Crippen LogP contribution in [0.2, 0.25) is 0 Å². The Labute approximate surface area is 49.9 Å². The summed E-state index contributed by atoms with van der Waals surface area (Å²) >= 11 is 0. The standard InChI is InChI=1S/C6H12N2/c1-3-8-4-2-7-5-6(1)8/h6-7H,1-5H2. The van der Waals surface area contributed by atoms with Crippen LogP contribution in [0.25, 0.3) is 0 Å². The number of piperazine rings is 1. The van der Waals surface area contributed by atoms with E-state index < -0.39 is 0 Å². The molecule has 1 N–H and O–H groups in total. The molecule has 2 fully saturated rings. The van der Waals surface area contributed by atoms with Gasteiger partial charge in [0.1, 0.15) is 0 Å². The zero-order valence-corrected chi connectivity index (χ0v) is 5.06. The molecule has 0 aromatic rings. The maximum Gasteiger partial charge on any atom is 0.0233 e. The first kappa shape index (κ1) is 4.77. The van der Waals surface area contributed by atoms with Gasteiger partial charge in [-0.3, -0.25) is 4.90 Å². The third-order valence-corrected chi connectivity index (χ3v) is 2.22. The topological polar surface area (TPSA) is 15.3 Å². The van der Waals surface area contributed by atoms with E-state index in [1.165, 1.54) is 32.6 Å². The van der Waals surface area contributed by atoms with Gasteiger partial charge in [-0.25, -0.2) is 0 Å². The highest BCUT2D eigenvalue weighted by atomic mass is 15.3. The molecule has 1 atom stereocenters. The second-order valence-electron chi connectivity index (χ2n) is 2.68. The van der Waals surface area contributed by atoms with Crippen LogP contribution in [0.4, 0.5) is 0 Å². The SMILES string of the molecule is C1CN2CCC2CN1. The van der Waals surface area contributed by atoms with Crippen LogP contribution in [0.3, 0.4) is 0 Å². The summed E-state index contributed by atoms with van der Waals surface area (Å²) in [4.78, 5) is 2.55. The van der Waals surface area contributed by atoms with Crippen molar-refractivity contribution < 1.29 is 0 Å². The minimum absolute atomic E-state index is 0.906. The molecule has 0 amide bonds. The Morgan fingerprint density at radius 3 is 2.75 bits per heavy atom. The summed E-state index contributed by atoms with van der Waals surface area (Å²) in [6.07, 6.45) is 1.42. The number of fused-ring (bicyclic) bond motifs is 1.